The minimum Gasteiger partial charge on any atom is -0.303 e. The van der Waals surface area contributed by atoms with Gasteiger partial charge in [-0.3, -0.25) is 0 Å². The van der Waals surface area contributed by atoms with Crippen molar-refractivity contribution >= 4 is 63.9 Å². The second-order valence-electron chi connectivity index (χ2n) is 1.54. The van der Waals surface area contributed by atoms with E-state index in [0.29, 0.717) is 0 Å². The van der Waals surface area contributed by atoms with Gasteiger partial charge in [-0.05, 0) is 0 Å². The molecule has 17 heteroatoms. The van der Waals surface area contributed by atoms with Gasteiger partial charge in [-0.25, -0.2) is 13.7 Å². The van der Waals surface area contributed by atoms with E-state index in [-0.39, 0.29) is 40.4 Å². The summed E-state index contributed by atoms with van der Waals surface area (Å²) in [5, 5.41) is 0. The molecule has 0 bridgehead atoms. The van der Waals surface area contributed by atoms with Crippen LogP contribution in [0.25, 0.3) is 0 Å². The molecule has 0 fully saturated rings. The highest BCUT2D eigenvalue weighted by molar-refractivity contribution is 7.45. The zero-order valence-corrected chi connectivity index (χ0v) is 9.27. The van der Waals surface area contributed by atoms with Crippen molar-refractivity contribution in [2.24, 2.45) is 0 Å². The standard InChI is InChI=1S/Al.Mg.3H3O4P.5H/c;;3*1-5(2,3)4;;;;;/h;;3*(H3,1,2,3,4);;;;;. The van der Waals surface area contributed by atoms with Gasteiger partial charge in [0, 0.05) is 0 Å². The smallest absolute Gasteiger partial charge is 0.303 e. The van der Waals surface area contributed by atoms with Crippen LogP contribution in [0.1, 0.15) is 0 Å². The van der Waals surface area contributed by atoms with Gasteiger partial charge >= 0.3 is 46.5 Å². The molecule has 0 saturated heterocycles. The molecule has 0 rings (SSSR count). The fourth-order valence-electron chi connectivity index (χ4n) is 0. The summed E-state index contributed by atoms with van der Waals surface area (Å²) in [4.78, 5) is 64.7. The van der Waals surface area contributed by atoms with Crippen molar-refractivity contribution in [3.8, 4) is 0 Å². The Hall–Kier alpha value is 1.63. The summed E-state index contributed by atoms with van der Waals surface area (Å²) >= 11 is 0. The Kier molecular flexibility index (Phi) is 23.2. The van der Waals surface area contributed by atoms with Crippen LogP contribution in [-0.4, -0.2) is 84.5 Å². The van der Waals surface area contributed by atoms with Crippen molar-refractivity contribution in [1.29, 1.82) is 0 Å². The molecular formula is H14AlMgO12P3. The molecule has 0 aromatic rings. The van der Waals surface area contributed by atoms with Gasteiger partial charge in [0.2, 0.25) is 0 Å². The fourth-order valence-corrected chi connectivity index (χ4v) is 0. The molecule has 0 aliphatic carbocycles. The van der Waals surface area contributed by atoms with Crippen LogP contribution in [0.15, 0.2) is 0 Å². The van der Waals surface area contributed by atoms with Crippen LogP contribution in [-0.2, 0) is 13.7 Å². The summed E-state index contributed by atoms with van der Waals surface area (Å²) in [5.74, 6) is 0. The Labute approximate surface area is 121 Å². The minimum absolute atomic E-state index is 0. The van der Waals surface area contributed by atoms with Crippen molar-refractivity contribution in [2.45, 2.75) is 0 Å². The molecular weight excluding hydrogens is 336 g/mol. The lowest BCUT2D eigenvalue weighted by molar-refractivity contribution is 0.272. The lowest BCUT2D eigenvalue weighted by Crippen LogP contribution is -1.66. The highest BCUT2D eigenvalue weighted by Crippen LogP contribution is 2.26. The Bertz CT molecular complexity index is 208. The molecule has 0 saturated carbocycles. The van der Waals surface area contributed by atoms with Crippen LogP contribution in [0.3, 0.4) is 0 Å². The molecule has 106 valence electrons. The molecule has 0 atom stereocenters. The van der Waals surface area contributed by atoms with Crippen molar-refractivity contribution in [3.05, 3.63) is 0 Å². The van der Waals surface area contributed by atoms with Gasteiger partial charge in [-0.15, -0.1) is 0 Å². The van der Waals surface area contributed by atoms with Gasteiger partial charge in [0.25, 0.3) is 0 Å². The van der Waals surface area contributed by atoms with Crippen molar-refractivity contribution < 1.29 is 57.7 Å². The Morgan fingerprint density at radius 2 is 0.471 bits per heavy atom. The van der Waals surface area contributed by atoms with E-state index in [1.165, 1.54) is 0 Å². The number of hydrogen-bond acceptors (Lipinski definition) is 3. The molecule has 0 aliphatic heterocycles. The van der Waals surface area contributed by atoms with Crippen LogP contribution in [0.4, 0.5) is 0 Å². The summed E-state index contributed by atoms with van der Waals surface area (Å²) in [7, 11) is -13.9. The largest absolute Gasteiger partial charge is 0.466 e. The normalized spacial score (nSPS) is 10.4. The van der Waals surface area contributed by atoms with E-state index in [1.54, 1.807) is 0 Å². The number of rotatable bonds is 0. The van der Waals surface area contributed by atoms with Crippen LogP contribution < -0.4 is 0 Å². The number of phosphoric acid groups is 3. The first-order valence-electron chi connectivity index (χ1n) is 2.35. The third-order valence-corrected chi connectivity index (χ3v) is 0. The summed E-state index contributed by atoms with van der Waals surface area (Å²) in [6, 6.07) is 0. The quantitative estimate of drug-likeness (QED) is 0.148. The highest BCUT2D eigenvalue weighted by Gasteiger charge is 2.01. The van der Waals surface area contributed by atoms with Gasteiger partial charge in [0.15, 0.2) is 17.4 Å². The third kappa shape index (κ3) is 1620. The Morgan fingerprint density at radius 1 is 0.471 bits per heavy atom. The lowest BCUT2D eigenvalue weighted by Gasteiger charge is -1.82. The third-order valence-electron chi connectivity index (χ3n) is 0. The van der Waals surface area contributed by atoms with Crippen LogP contribution in [0, 0.1) is 0 Å². The van der Waals surface area contributed by atoms with Crippen LogP contribution in [0.5, 0.6) is 0 Å². The first-order valence-corrected chi connectivity index (χ1v) is 7.04. The lowest BCUT2D eigenvalue weighted by atomic mass is 15.8. The molecule has 0 aliphatic rings. The highest BCUT2D eigenvalue weighted by atomic mass is 31.2. The summed E-state index contributed by atoms with van der Waals surface area (Å²) in [6.07, 6.45) is 0. The monoisotopic (exact) mass is 350 g/mol. The SMILES string of the molecule is O=P(O)(O)O.O=P(O)(O)O.O=P(O)(O)O.[AlH3].[MgH2]. The average molecular weight is 350 g/mol. The van der Waals surface area contributed by atoms with E-state index in [2.05, 4.69) is 0 Å². The predicted molar refractivity (Wildman–Crippen MR) is 61.3 cm³/mol. The maximum Gasteiger partial charge on any atom is 0.466 e. The molecule has 0 aromatic carbocycles. The molecule has 0 amide bonds. The summed E-state index contributed by atoms with van der Waals surface area (Å²) < 4.78 is 26.6. The molecule has 0 spiro atoms. The Balaban J connectivity index is -0.0000000400. The molecule has 9 N–H and O–H groups in total. The van der Waals surface area contributed by atoms with Crippen molar-refractivity contribution in [3.63, 3.8) is 0 Å². The van der Waals surface area contributed by atoms with Crippen molar-refractivity contribution in [1.82, 2.24) is 0 Å². The molecule has 12 nitrogen and oxygen atoms in total. The topological polar surface area (TPSA) is 233 Å². The van der Waals surface area contributed by atoms with Crippen LogP contribution >= 0.6 is 23.5 Å². The van der Waals surface area contributed by atoms with Gasteiger partial charge < -0.3 is 44.0 Å². The fraction of sp³-hybridized carbons (Fsp3) is 0. The molecule has 0 radical (unpaired) electrons. The van der Waals surface area contributed by atoms with Crippen molar-refractivity contribution in [2.75, 3.05) is 0 Å². The zero-order valence-electron chi connectivity index (χ0n) is 6.59. The van der Waals surface area contributed by atoms with E-state index >= 15 is 0 Å². The maximum absolute atomic E-state index is 8.88. The van der Waals surface area contributed by atoms with E-state index in [9.17, 15) is 0 Å². The second kappa shape index (κ2) is 12.7. The van der Waals surface area contributed by atoms with Gasteiger partial charge in [-0.1, -0.05) is 0 Å². The predicted octanol–water partition coefficient (Wildman–Crippen LogP) is -4.89. The van der Waals surface area contributed by atoms with E-state index in [0.717, 1.165) is 0 Å². The molecule has 0 unspecified atom stereocenters. The van der Waals surface area contributed by atoms with Gasteiger partial charge in [0.1, 0.15) is 0 Å². The summed E-state index contributed by atoms with van der Waals surface area (Å²) in [5.41, 5.74) is 0. The molecule has 0 heterocycles. The minimum atomic E-state index is -4.64. The first-order chi connectivity index (χ1) is 6.00. The van der Waals surface area contributed by atoms with E-state index in [4.69, 9.17) is 57.7 Å². The second-order valence-corrected chi connectivity index (χ2v) is 4.62. The first kappa shape index (κ1) is 31.2. The summed E-state index contributed by atoms with van der Waals surface area (Å²) in [6.45, 7) is 0. The van der Waals surface area contributed by atoms with Gasteiger partial charge in [-0.2, -0.15) is 0 Å². The van der Waals surface area contributed by atoms with E-state index in [1.807, 2.05) is 0 Å². The van der Waals surface area contributed by atoms with Crippen LogP contribution in [0.2, 0.25) is 0 Å². The average Bonchev–Trinajstić information content (AvgIpc) is 1.41. The molecule has 17 heavy (non-hydrogen) atoms. The molecule has 0 aromatic heterocycles. The number of hydrogen-bond donors (Lipinski definition) is 9. The maximum atomic E-state index is 8.88. The Morgan fingerprint density at radius 3 is 0.471 bits per heavy atom. The van der Waals surface area contributed by atoms with Gasteiger partial charge in [0.05, 0.1) is 0 Å². The van der Waals surface area contributed by atoms with E-state index < -0.39 is 23.5 Å². The zero-order chi connectivity index (χ0) is 13.5.